The zero-order chi connectivity index (χ0) is 17.1. The van der Waals surface area contributed by atoms with E-state index in [-0.39, 0.29) is 23.1 Å². The molecule has 1 aliphatic rings. The second-order valence-corrected chi connectivity index (χ2v) is 6.49. The number of nitrogens with zero attached hydrogens (tertiary/aromatic N) is 6. The van der Waals surface area contributed by atoms with Gasteiger partial charge in [0.05, 0.1) is 0 Å². The van der Waals surface area contributed by atoms with E-state index in [1.165, 1.54) is 4.68 Å². The fraction of sp³-hybridized carbons (Fsp3) is 0.500. The molecule has 0 saturated carbocycles. The maximum Gasteiger partial charge on any atom is 0.294 e. The number of amides is 1. The van der Waals surface area contributed by atoms with Crippen molar-refractivity contribution in [3.8, 4) is 0 Å². The lowest BCUT2D eigenvalue weighted by Gasteiger charge is -2.37. The van der Waals surface area contributed by atoms with Crippen LogP contribution in [-0.4, -0.2) is 61.6 Å². The van der Waals surface area contributed by atoms with Gasteiger partial charge in [-0.05, 0) is 62.3 Å². The molecule has 1 fully saturated rings. The quantitative estimate of drug-likeness (QED) is 0.839. The topological polar surface area (TPSA) is 67.2 Å². The van der Waals surface area contributed by atoms with Crippen LogP contribution < -0.4 is 0 Å². The molecule has 0 N–H and O–H groups in total. The third kappa shape index (κ3) is 3.73. The standard InChI is InChI=1S/C16H21ClN6O/c1-21-9-5-13(6-10-21)23(11-12-3-7-18-8-4-12)15(24)14-19-16(17)22(2)20-14/h3-4,7-8,13H,5-6,9-11H2,1-2H3. The van der Waals surface area contributed by atoms with Gasteiger partial charge in [0, 0.05) is 32.0 Å². The molecular weight excluding hydrogens is 328 g/mol. The van der Waals surface area contributed by atoms with Crippen LogP contribution in [0.2, 0.25) is 5.28 Å². The van der Waals surface area contributed by atoms with Crippen LogP contribution in [0, 0.1) is 0 Å². The maximum atomic E-state index is 13.0. The van der Waals surface area contributed by atoms with Crippen molar-refractivity contribution in [1.29, 1.82) is 0 Å². The van der Waals surface area contributed by atoms with E-state index in [4.69, 9.17) is 11.6 Å². The number of rotatable bonds is 4. The molecule has 8 heteroatoms. The molecule has 1 saturated heterocycles. The van der Waals surface area contributed by atoms with E-state index in [1.54, 1.807) is 19.4 Å². The number of pyridine rings is 1. The lowest BCUT2D eigenvalue weighted by molar-refractivity contribution is 0.0557. The number of carbonyl (C=O) groups excluding carboxylic acids is 1. The second-order valence-electron chi connectivity index (χ2n) is 6.15. The Hall–Kier alpha value is -1.99. The molecule has 24 heavy (non-hydrogen) atoms. The first-order valence-electron chi connectivity index (χ1n) is 7.99. The van der Waals surface area contributed by atoms with Crippen LogP contribution in [0.1, 0.15) is 29.0 Å². The highest BCUT2D eigenvalue weighted by Gasteiger charge is 2.30. The van der Waals surface area contributed by atoms with Gasteiger partial charge in [0.1, 0.15) is 0 Å². The summed E-state index contributed by atoms with van der Waals surface area (Å²) in [5.74, 6) is -0.0284. The fourth-order valence-electron chi connectivity index (χ4n) is 2.94. The number of likely N-dealkylation sites (tertiary alicyclic amines) is 1. The first-order chi connectivity index (χ1) is 11.5. The zero-order valence-electron chi connectivity index (χ0n) is 13.9. The van der Waals surface area contributed by atoms with Gasteiger partial charge in [0.15, 0.2) is 0 Å². The molecule has 0 spiro atoms. The number of halogens is 1. The number of carbonyl (C=O) groups is 1. The Labute approximate surface area is 146 Å². The number of aromatic nitrogens is 4. The molecule has 3 rings (SSSR count). The minimum Gasteiger partial charge on any atom is -0.328 e. The molecule has 0 radical (unpaired) electrons. The van der Waals surface area contributed by atoms with Crippen molar-refractivity contribution < 1.29 is 4.79 Å². The molecule has 3 heterocycles. The Bertz CT molecular complexity index is 676. The van der Waals surface area contributed by atoms with E-state index in [1.807, 2.05) is 17.0 Å². The number of aryl methyl sites for hydroxylation is 1. The summed E-state index contributed by atoms with van der Waals surface area (Å²) in [5, 5.41) is 4.36. The van der Waals surface area contributed by atoms with Gasteiger partial charge in [-0.3, -0.25) is 9.78 Å². The van der Waals surface area contributed by atoms with Crippen molar-refractivity contribution in [3.05, 3.63) is 41.2 Å². The number of piperidine rings is 1. The highest BCUT2D eigenvalue weighted by atomic mass is 35.5. The molecule has 0 atom stereocenters. The molecule has 0 bridgehead atoms. The van der Waals surface area contributed by atoms with Crippen LogP contribution in [0.25, 0.3) is 0 Å². The fourth-order valence-corrected chi connectivity index (χ4v) is 3.06. The summed E-state index contributed by atoms with van der Waals surface area (Å²) in [4.78, 5) is 25.3. The number of hydrogen-bond donors (Lipinski definition) is 0. The Morgan fingerprint density at radius 2 is 1.96 bits per heavy atom. The predicted octanol–water partition coefficient (Wildman–Crippen LogP) is 1.60. The molecule has 0 unspecified atom stereocenters. The van der Waals surface area contributed by atoms with Crippen molar-refractivity contribution in [2.24, 2.45) is 7.05 Å². The normalized spacial score (nSPS) is 16.3. The average molecular weight is 349 g/mol. The third-order valence-corrected chi connectivity index (χ3v) is 4.72. The van der Waals surface area contributed by atoms with Gasteiger partial charge in [-0.25, -0.2) is 4.68 Å². The zero-order valence-corrected chi connectivity index (χ0v) is 14.6. The van der Waals surface area contributed by atoms with Crippen molar-refractivity contribution in [1.82, 2.24) is 29.5 Å². The SMILES string of the molecule is CN1CCC(N(Cc2ccncc2)C(=O)c2nc(Cl)n(C)n2)CC1. The summed E-state index contributed by atoms with van der Waals surface area (Å²) in [5.41, 5.74) is 1.04. The van der Waals surface area contributed by atoms with Gasteiger partial charge >= 0.3 is 0 Å². The average Bonchev–Trinajstić information content (AvgIpc) is 2.93. The largest absolute Gasteiger partial charge is 0.328 e. The first kappa shape index (κ1) is 16.9. The highest BCUT2D eigenvalue weighted by Crippen LogP contribution is 2.20. The molecule has 1 amide bonds. The third-order valence-electron chi connectivity index (χ3n) is 4.39. The summed E-state index contributed by atoms with van der Waals surface area (Å²) in [7, 11) is 3.78. The Kier molecular flexibility index (Phi) is 5.11. The lowest BCUT2D eigenvalue weighted by Crippen LogP contribution is -2.46. The monoisotopic (exact) mass is 348 g/mol. The van der Waals surface area contributed by atoms with Crippen molar-refractivity contribution in [2.75, 3.05) is 20.1 Å². The molecule has 1 aliphatic heterocycles. The maximum absolute atomic E-state index is 13.0. The molecule has 2 aromatic rings. The Balaban J connectivity index is 1.84. The van der Waals surface area contributed by atoms with E-state index >= 15 is 0 Å². The van der Waals surface area contributed by atoms with E-state index in [0.29, 0.717) is 6.54 Å². The Morgan fingerprint density at radius 1 is 1.29 bits per heavy atom. The van der Waals surface area contributed by atoms with Crippen LogP contribution in [0.15, 0.2) is 24.5 Å². The van der Waals surface area contributed by atoms with Gasteiger partial charge in [0.2, 0.25) is 11.1 Å². The summed E-state index contributed by atoms with van der Waals surface area (Å²) in [6.07, 6.45) is 5.35. The molecule has 128 valence electrons. The van der Waals surface area contributed by atoms with Crippen molar-refractivity contribution >= 4 is 17.5 Å². The van der Waals surface area contributed by atoms with E-state index in [2.05, 4.69) is 27.0 Å². The van der Waals surface area contributed by atoms with Crippen LogP contribution >= 0.6 is 11.6 Å². The van der Waals surface area contributed by atoms with Crippen LogP contribution in [0.5, 0.6) is 0 Å². The molecular formula is C16H21ClN6O. The van der Waals surface area contributed by atoms with E-state index in [9.17, 15) is 4.79 Å². The molecule has 0 aromatic carbocycles. The predicted molar refractivity (Wildman–Crippen MR) is 90.6 cm³/mol. The van der Waals surface area contributed by atoms with Gasteiger partial charge in [-0.1, -0.05) is 0 Å². The van der Waals surface area contributed by atoms with E-state index < -0.39 is 0 Å². The van der Waals surface area contributed by atoms with Crippen LogP contribution in [0.4, 0.5) is 0 Å². The van der Waals surface area contributed by atoms with Crippen molar-refractivity contribution in [3.63, 3.8) is 0 Å². The first-order valence-corrected chi connectivity index (χ1v) is 8.37. The second kappa shape index (κ2) is 7.27. The van der Waals surface area contributed by atoms with Gasteiger partial charge in [-0.2, -0.15) is 4.98 Å². The molecule has 2 aromatic heterocycles. The minimum atomic E-state index is -0.177. The summed E-state index contributed by atoms with van der Waals surface area (Å²) in [6, 6.07) is 4.02. The van der Waals surface area contributed by atoms with E-state index in [0.717, 1.165) is 31.5 Å². The van der Waals surface area contributed by atoms with Gasteiger partial charge in [-0.15, -0.1) is 5.10 Å². The smallest absolute Gasteiger partial charge is 0.294 e. The number of hydrogen-bond acceptors (Lipinski definition) is 5. The lowest BCUT2D eigenvalue weighted by atomic mass is 10.0. The van der Waals surface area contributed by atoms with Gasteiger partial charge in [0.25, 0.3) is 5.91 Å². The molecule has 0 aliphatic carbocycles. The Morgan fingerprint density at radius 3 is 2.54 bits per heavy atom. The summed E-state index contributed by atoms with van der Waals surface area (Å²) in [6.45, 7) is 2.47. The van der Waals surface area contributed by atoms with Crippen LogP contribution in [-0.2, 0) is 13.6 Å². The molecule has 7 nitrogen and oxygen atoms in total. The minimum absolute atomic E-state index is 0.149. The van der Waals surface area contributed by atoms with Crippen molar-refractivity contribution in [2.45, 2.75) is 25.4 Å². The summed E-state index contributed by atoms with van der Waals surface area (Å²) >= 11 is 5.95. The van der Waals surface area contributed by atoms with Gasteiger partial charge < -0.3 is 9.80 Å². The summed E-state index contributed by atoms with van der Waals surface area (Å²) < 4.78 is 1.41. The van der Waals surface area contributed by atoms with Crippen LogP contribution in [0.3, 0.4) is 0 Å². The highest BCUT2D eigenvalue weighted by molar-refractivity contribution is 6.28.